The number of aromatic nitrogens is 1. The molecular formula is C13H12ClNO2S2. The molecule has 0 atom stereocenters. The predicted molar refractivity (Wildman–Crippen MR) is 79.2 cm³/mol. The molecule has 3 nitrogen and oxygen atoms in total. The van der Waals surface area contributed by atoms with Gasteiger partial charge in [0.2, 0.25) is 0 Å². The van der Waals surface area contributed by atoms with Crippen molar-refractivity contribution >= 4 is 40.7 Å². The third-order valence-corrected chi connectivity index (χ3v) is 5.30. The molecule has 0 spiro atoms. The Morgan fingerprint density at radius 3 is 2.89 bits per heavy atom. The molecule has 6 heteroatoms. The van der Waals surface area contributed by atoms with Crippen LogP contribution in [0.3, 0.4) is 0 Å². The topological polar surface area (TPSA) is 50.2 Å². The number of nitrogens with zero attached hydrogens (tertiary/aromatic N) is 1. The van der Waals surface area contributed by atoms with Crippen LogP contribution in [0.2, 0.25) is 5.02 Å². The smallest absolute Gasteiger partial charge is 0.308 e. The molecule has 2 rings (SSSR count). The molecule has 0 aliphatic heterocycles. The quantitative estimate of drug-likeness (QED) is 0.847. The number of benzene rings is 1. The third kappa shape index (κ3) is 3.96. The molecule has 1 aromatic carbocycles. The van der Waals surface area contributed by atoms with Crippen LogP contribution >= 0.6 is 34.7 Å². The maximum absolute atomic E-state index is 10.7. The Labute approximate surface area is 124 Å². The first-order valence-electron chi connectivity index (χ1n) is 5.60. The fourth-order valence-electron chi connectivity index (χ4n) is 1.55. The lowest BCUT2D eigenvalue weighted by Gasteiger charge is -2.01. The molecule has 0 fully saturated rings. The zero-order valence-corrected chi connectivity index (χ0v) is 12.6. The molecule has 0 amide bonds. The second-order valence-electron chi connectivity index (χ2n) is 3.91. The largest absolute Gasteiger partial charge is 0.481 e. The number of aliphatic carboxylic acids is 1. The van der Waals surface area contributed by atoms with Crippen LogP contribution in [0.15, 0.2) is 29.2 Å². The predicted octanol–water partition coefficient (Wildman–Crippen LogP) is 4.02. The summed E-state index contributed by atoms with van der Waals surface area (Å²) in [6.45, 7) is 1.85. The van der Waals surface area contributed by atoms with Crippen molar-refractivity contribution in [2.45, 2.75) is 24.0 Å². The second kappa shape index (κ2) is 6.41. The molecule has 0 saturated heterocycles. The van der Waals surface area contributed by atoms with E-state index in [0.717, 1.165) is 25.5 Å². The minimum atomic E-state index is -0.822. The van der Waals surface area contributed by atoms with E-state index in [2.05, 4.69) is 4.98 Å². The molecule has 0 radical (unpaired) electrons. The highest BCUT2D eigenvalue weighted by molar-refractivity contribution is 7.98. The average Bonchev–Trinajstić information content (AvgIpc) is 2.68. The van der Waals surface area contributed by atoms with E-state index in [1.165, 1.54) is 11.3 Å². The van der Waals surface area contributed by atoms with Crippen molar-refractivity contribution in [2.24, 2.45) is 0 Å². The van der Waals surface area contributed by atoms with Crippen LogP contribution in [0.5, 0.6) is 0 Å². The standard InChI is InChI=1S/C13H12ClNO2S2/c1-8-11(6-13(16)17)19-12(15-8)7-18-10-5-3-2-4-9(10)14/h2-5H,6-7H2,1H3,(H,16,17). The van der Waals surface area contributed by atoms with Gasteiger partial charge in [-0.3, -0.25) is 4.79 Å². The van der Waals surface area contributed by atoms with Gasteiger partial charge in [-0.2, -0.15) is 0 Å². The van der Waals surface area contributed by atoms with Gasteiger partial charge in [0.05, 0.1) is 22.9 Å². The van der Waals surface area contributed by atoms with Gasteiger partial charge in [0.1, 0.15) is 5.01 Å². The molecular weight excluding hydrogens is 302 g/mol. The Kier molecular flexibility index (Phi) is 4.85. The van der Waals surface area contributed by atoms with Crippen LogP contribution in [0.1, 0.15) is 15.6 Å². The van der Waals surface area contributed by atoms with Crippen molar-refractivity contribution in [3.8, 4) is 0 Å². The lowest BCUT2D eigenvalue weighted by molar-refractivity contribution is -0.136. The maximum Gasteiger partial charge on any atom is 0.308 e. The van der Waals surface area contributed by atoms with E-state index in [4.69, 9.17) is 16.7 Å². The molecule has 1 aromatic heterocycles. The zero-order valence-electron chi connectivity index (χ0n) is 10.2. The van der Waals surface area contributed by atoms with Crippen molar-refractivity contribution in [1.82, 2.24) is 4.98 Å². The fraction of sp³-hybridized carbons (Fsp3) is 0.231. The zero-order chi connectivity index (χ0) is 13.8. The van der Waals surface area contributed by atoms with Crippen molar-refractivity contribution in [1.29, 1.82) is 0 Å². The Morgan fingerprint density at radius 2 is 2.21 bits per heavy atom. The van der Waals surface area contributed by atoms with Crippen LogP contribution < -0.4 is 0 Å². The van der Waals surface area contributed by atoms with E-state index in [0.29, 0.717) is 5.75 Å². The summed E-state index contributed by atoms with van der Waals surface area (Å²) >= 11 is 9.15. The number of carboxylic acids is 1. The van der Waals surface area contributed by atoms with Gasteiger partial charge < -0.3 is 5.11 Å². The average molecular weight is 314 g/mol. The number of hydrogen-bond acceptors (Lipinski definition) is 4. The van der Waals surface area contributed by atoms with Crippen molar-refractivity contribution in [3.05, 3.63) is 44.9 Å². The molecule has 0 aliphatic carbocycles. The lowest BCUT2D eigenvalue weighted by Crippen LogP contribution is -1.99. The van der Waals surface area contributed by atoms with Crippen molar-refractivity contribution < 1.29 is 9.90 Å². The number of thioether (sulfide) groups is 1. The van der Waals surface area contributed by atoms with Gasteiger partial charge in [0.15, 0.2) is 0 Å². The Hall–Kier alpha value is -1.04. The summed E-state index contributed by atoms with van der Waals surface area (Å²) in [7, 11) is 0. The third-order valence-electron chi connectivity index (χ3n) is 2.44. The van der Waals surface area contributed by atoms with Gasteiger partial charge in [-0.15, -0.1) is 23.1 Å². The van der Waals surface area contributed by atoms with Gasteiger partial charge >= 0.3 is 5.97 Å². The SMILES string of the molecule is Cc1nc(CSc2ccccc2Cl)sc1CC(=O)O. The van der Waals surface area contributed by atoms with Gasteiger partial charge in [0.25, 0.3) is 0 Å². The van der Waals surface area contributed by atoms with Crippen molar-refractivity contribution in [2.75, 3.05) is 0 Å². The van der Waals surface area contributed by atoms with Crippen LogP contribution in [0.4, 0.5) is 0 Å². The van der Waals surface area contributed by atoms with Crippen molar-refractivity contribution in [3.63, 3.8) is 0 Å². The van der Waals surface area contributed by atoms with E-state index in [-0.39, 0.29) is 6.42 Å². The highest BCUT2D eigenvalue weighted by Gasteiger charge is 2.11. The number of aryl methyl sites for hydroxylation is 1. The van der Waals surface area contributed by atoms with Gasteiger partial charge in [-0.25, -0.2) is 4.98 Å². The fourth-order valence-corrected chi connectivity index (χ4v) is 3.84. The van der Waals surface area contributed by atoms with Crippen LogP contribution in [0.25, 0.3) is 0 Å². The molecule has 1 heterocycles. The number of carbonyl (C=O) groups is 1. The van der Waals surface area contributed by atoms with E-state index >= 15 is 0 Å². The molecule has 100 valence electrons. The Morgan fingerprint density at radius 1 is 1.47 bits per heavy atom. The second-order valence-corrected chi connectivity index (χ2v) is 6.50. The molecule has 1 N–H and O–H groups in total. The van der Waals surface area contributed by atoms with Crippen LogP contribution in [0, 0.1) is 6.92 Å². The monoisotopic (exact) mass is 313 g/mol. The minimum absolute atomic E-state index is 0.0419. The van der Waals surface area contributed by atoms with Crippen LogP contribution in [-0.4, -0.2) is 16.1 Å². The summed E-state index contributed by atoms with van der Waals surface area (Å²) in [4.78, 5) is 16.9. The first-order valence-corrected chi connectivity index (χ1v) is 7.78. The number of halogens is 1. The Balaban J connectivity index is 2.04. The number of hydrogen-bond donors (Lipinski definition) is 1. The molecule has 0 bridgehead atoms. The molecule has 0 unspecified atom stereocenters. The van der Waals surface area contributed by atoms with Gasteiger partial charge in [-0.05, 0) is 19.1 Å². The minimum Gasteiger partial charge on any atom is -0.481 e. The molecule has 19 heavy (non-hydrogen) atoms. The summed E-state index contributed by atoms with van der Waals surface area (Å²) in [6.07, 6.45) is 0.0419. The summed E-state index contributed by atoms with van der Waals surface area (Å²) in [5.74, 6) is -0.119. The summed E-state index contributed by atoms with van der Waals surface area (Å²) < 4.78 is 0. The van der Waals surface area contributed by atoms with Gasteiger partial charge in [-0.1, -0.05) is 23.7 Å². The number of thiazole rings is 1. The normalized spacial score (nSPS) is 10.6. The number of rotatable bonds is 5. The maximum atomic E-state index is 10.7. The molecule has 2 aromatic rings. The first-order chi connectivity index (χ1) is 9.06. The van der Waals surface area contributed by atoms with Crippen LogP contribution in [-0.2, 0) is 17.0 Å². The lowest BCUT2D eigenvalue weighted by atomic mass is 10.3. The van der Waals surface area contributed by atoms with E-state index in [1.807, 2.05) is 31.2 Å². The van der Waals surface area contributed by atoms with Gasteiger partial charge in [0, 0.05) is 9.77 Å². The summed E-state index contributed by atoms with van der Waals surface area (Å²) in [6, 6.07) is 7.65. The van der Waals surface area contributed by atoms with E-state index in [1.54, 1.807) is 11.8 Å². The molecule has 0 saturated carbocycles. The van der Waals surface area contributed by atoms with E-state index in [9.17, 15) is 4.79 Å². The molecule has 0 aliphatic rings. The number of carboxylic acid groups (broad SMARTS) is 1. The highest BCUT2D eigenvalue weighted by atomic mass is 35.5. The van der Waals surface area contributed by atoms with E-state index < -0.39 is 5.97 Å². The first kappa shape index (κ1) is 14.4. The Bertz CT molecular complexity index is 598. The highest BCUT2D eigenvalue weighted by Crippen LogP contribution is 2.31. The summed E-state index contributed by atoms with van der Waals surface area (Å²) in [5.41, 5.74) is 0.808. The summed E-state index contributed by atoms with van der Waals surface area (Å²) in [5, 5.41) is 10.5.